The standard InChI is InChI=1S/C26H22N2O6S/c1-32-25(30)19-21-23(34-24(19)26(31)33-2)17-14-35-13-16(17)22(29)20(18-10-6-7-11-27-18)28(21)12-15-8-4-3-5-9-15/h3-11,13-14,20,22,29H,12H2,1-2H3/t20-,22-/m1/s1. The minimum absolute atomic E-state index is 0.0579. The Morgan fingerprint density at radius 3 is 2.49 bits per heavy atom. The maximum Gasteiger partial charge on any atom is 0.374 e. The predicted molar refractivity (Wildman–Crippen MR) is 129 cm³/mol. The molecule has 0 amide bonds. The number of carbonyl (C=O) groups is 2. The number of furan rings is 1. The molecule has 3 aromatic heterocycles. The summed E-state index contributed by atoms with van der Waals surface area (Å²) in [6, 6.07) is 14.4. The summed E-state index contributed by atoms with van der Waals surface area (Å²) in [4.78, 5) is 32.2. The number of aromatic nitrogens is 1. The SMILES string of the molecule is COC(=O)c1oc2c(c1C(=O)OC)N(Cc1ccccc1)[C@H](c1ccccn1)[C@H](O)c1cscc1-2. The van der Waals surface area contributed by atoms with E-state index in [-0.39, 0.29) is 17.1 Å². The number of pyridine rings is 1. The van der Waals surface area contributed by atoms with Gasteiger partial charge in [-0.05, 0) is 23.1 Å². The Kier molecular flexibility index (Phi) is 6.10. The van der Waals surface area contributed by atoms with E-state index in [2.05, 4.69) is 4.98 Å². The largest absolute Gasteiger partial charge is 0.465 e. The van der Waals surface area contributed by atoms with Crippen molar-refractivity contribution in [3.05, 3.63) is 93.6 Å². The van der Waals surface area contributed by atoms with Gasteiger partial charge in [0.1, 0.15) is 23.4 Å². The van der Waals surface area contributed by atoms with Crippen molar-refractivity contribution in [3.63, 3.8) is 0 Å². The number of thiophene rings is 1. The molecule has 1 aliphatic heterocycles. The molecule has 0 fully saturated rings. The van der Waals surface area contributed by atoms with E-state index in [1.165, 1.54) is 25.6 Å². The van der Waals surface area contributed by atoms with Gasteiger partial charge in [0.15, 0.2) is 5.76 Å². The number of nitrogens with zero attached hydrogens (tertiary/aromatic N) is 2. The van der Waals surface area contributed by atoms with Crippen LogP contribution in [0.4, 0.5) is 5.69 Å². The molecule has 0 unspecified atom stereocenters. The van der Waals surface area contributed by atoms with Crippen LogP contribution in [0.5, 0.6) is 0 Å². The number of aliphatic hydroxyl groups excluding tert-OH is 1. The van der Waals surface area contributed by atoms with Crippen LogP contribution in [0.1, 0.15) is 49.9 Å². The lowest BCUT2D eigenvalue weighted by atomic mass is 9.98. The van der Waals surface area contributed by atoms with E-state index in [0.717, 1.165) is 5.56 Å². The van der Waals surface area contributed by atoms with Crippen molar-refractivity contribution >= 4 is 29.0 Å². The van der Waals surface area contributed by atoms with Gasteiger partial charge < -0.3 is 23.9 Å². The van der Waals surface area contributed by atoms with Crippen LogP contribution >= 0.6 is 11.3 Å². The van der Waals surface area contributed by atoms with Crippen molar-refractivity contribution in [1.82, 2.24) is 4.98 Å². The predicted octanol–water partition coefficient (Wildman–Crippen LogP) is 4.77. The quantitative estimate of drug-likeness (QED) is 0.399. The van der Waals surface area contributed by atoms with Crippen molar-refractivity contribution in [3.8, 4) is 11.3 Å². The van der Waals surface area contributed by atoms with E-state index in [1.54, 1.807) is 12.3 Å². The van der Waals surface area contributed by atoms with Crippen molar-refractivity contribution in [2.75, 3.05) is 19.1 Å². The first-order valence-electron chi connectivity index (χ1n) is 10.8. The third-order valence-electron chi connectivity index (χ3n) is 6.01. The number of rotatable bonds is 5. The second kappa shape index (κ2) is 9.36. The van der Waals surface area contributed by atoms with E-state index in [4.69, 9.17) is 13.9 Å². The molecular formula is C26H22N2O6S. The molecule has 5 rings (SSSR count). The Bertz CT molecular complexity index is 1370. The Balaban J connectivity index is 1.85. The molecule has 0 aliphatic carbocycles. The van der Waals surface area contributed by atoms with Crippen LogP contribution in [0.25, 0.3) is 11.3 Å². The molecule has 1 aromatic carbocycles. The third-order valence-corrected chi connectivity index (χ3v) is 6.77. The molecule has 9 heteroatoms. The summed E-state index contributed by atoms with van der Waals surface area (Å²) >= 11 is 1.39. The molecule has 0 radical (unpaired) electrons. The van der Waals surface area contributed by atoms with Gasteiger partial charge in [0.25, 0.3) is 0 Å². The number of hydrogen-bond acceptors (Lipinski definition) is 9. The average Bonchev–Trinajstić information content (AvgIpc) is 3.52. The molecule has 178 valence electrons. The van der Waals surface area contributed by atoms with Crippen LogP contribution < -0.4 is 4.90 Å². The van der Waals surface area contributed by atoms with Gasteiger partial charge in [-0.1, -0.05) is 36.4 Å². The monoisotopic (exact) mass is 490 g/mol. The first kappa shape index (κ1) is 22.8. The lowest BCUT2D eigenvalue weighted by Crippen LogP contribution is -2.33. The van der Waals surface area contributed by atoms with E-state index in [0.29, 0.717) is 29.1 Å². The number of carbonyl (C=O) groups excluding carboxylic acids is 2. The maximum absolute atomic E-state index is 13.1. The Morgan fingerprint density at radius 2 is 1.80 bits per heavy atom. The van der Waals surface area contributed by atoms with Gasteiger partial charge in [0, 0.05) is 29.2 Å². The van der Waals surface area contributed by atoms with Gasteiger partial charge in [-0.3, -0.25) is 4.98 Å². The van der Waals surface area contributed by atoms with Gasteiger partial charge in [-0.2, -0.15) is 11.3 Å². The van der Waals surface area contributed by atoms with Crippen LogP contribution in [-0.2, 0) is 16.0 Å². The number of fused-ring (bicyclic) bond motifs is 3. The summed E-state index contributed by atoms with van der Waals surface area (Å²) in [5, 5.41) is 15.3. The number of aliphatic hydroxyl groups is 1. The third kappa shape index (κ3) is 3.88. The van der Waals surface area contributed by atoms with Crippen LogP contribution in [0.15, 0.2) is 69.9 Å². The maximum atomic E-state index is 13.1. The van der Waals surface area contributed by atoms with Crippen LogP contribution in [0.2, 0.25) is 0 Å². The summed E-state index contributed by atoms with van der Waals surface area (Å²) in [6.45, 7) is 0.296. The van der Waals surface area contributed by atoms with Gasteiger partial charge >= 0.3 is 11.9 Å². The van der Waals surface area contributed by atoms with Gasteiger partial charge in [0.2, 0.25) is 5.76 Å². The summed E-state index contributed by atoms with van der Waals surface area (Å²) in [5.74, 6) is -1.52. The summed E-state index contributed by atoms with van der Waals surface area (Å²) in [6.07, 6.45) is 0.657. The summed E-state index contributed by atoms with van der Waals surface area (Å²) in [7, 11) is 2.46. The fourth-order valence-electron chi connectivity index (χ4n) is 4.44. The molecule has 35 heavy (non-hydrogen) atoms. The van der Waals surface area contributed by atoms with Crippen molar-refractivity contribution < 1.29 is 28.6 Å². The van der Waals surface area contributed by atoms with Crippen molar-refractivity contribution in [1.29, 1.82) is 0 Å². The van der Waals surface area contributed by atoms with Crippen LogP contribution in [-0.4, -0.2) is 36.2 Å². The zero-order chi connectivity index (χ0) is 24.5. The molecular weight excluding hydrogens is 468 g/mol. The zero-order valence-electron chi connectivity index (χ0n) is 19.0. The number of ether oxygens (including phenoxy) is 2. The molecule has 0 saturated heterocycles. The molecule has 0 saturated carbocycles. The smallest absolute Gasteiger partial charge is 0.374 e. The second-order valence-electron chi connectivity index (χ2n) is 7.97. The second-order valence-corrected chi connectivity index (χ2v) is 8.71. The highest BCUT2D eigenvalue weighted by Gasteiger charge is 2.43. The average molecular weight is 491 g/mol. The topological polar surface area (TPSA) is 102 Å². The van der Waals surface area contributed by atoms with E-state index >= 15 is 0 Å². The Morgan fingerprint density at radius 1 is 1.06 bits per heavy atom. The lowest BCUT2D eigenvalue weighted by molar-refractivity contribution is 0.0529. The minimum atomic E-state index is -0.996. The van der Waals surface area contributed by atoms with Gasteiger partial charge in [-0.25, -0.2) is 9.59 Å². The number of hydrogen-bond donors (Lipinski definition) is 1. The van der Waals surface area contributed by atoms with E-state index < -0.39 is 24.1 Å². The lowest BCUT2D eigenvalue weighted by Gasteiger charge is -2.35. The fraction of sp³-hybridized carbons (Fsp3) is 0.192. The van der Waals surface area contributed by atoms with Crippen molar-refractivity contribution in [2.24, 2.45) is 0 Å². The Hall–Kier alpha value is -3.95. The number of methoxy groups -OCH3 is 2. The van der Waals surface area contributed by atoms with Crippen molar-refractivity contribution in [2.45, 2.75) is 18.7 Å². The zero-order valence-corrected chi connectivity index (χ0v) is 19.8. The molecule has 4 heterocycles. The van der Waals surface area contributed by atoms with Crippen LogP contribution in [0.3, 0.4) is 0 Å². The Labute approximate surface area is 205 Å². The highest BCUT2D eigenvalue weighted by molar-refractivity contribution is 7.08. The molecule has 1 N–H and O–H groups in total. The van der Waals surface area contributed by atoms with Gasteiger partial charge in [0.05, 0.1) is 19.9 Å². The highest BCUT2D eigenvalue weighted by Crippen LogP contribution is 2.52. The highest BCUT2D eigenvalue weighted by atomic mass is 32.1. The molecule has 1 aliphatic rings. The number of esters is 2. The normalized spacial score (nSPS) is 16.7. The molecule has 8 nitrogen and oxygen atoms in total. The molecule has 4 aromatic rings. The fourth-order valence-corrected chi connectivity index (χ4v) is 5.30. The van der Waals surface area contributed by atoms with E-state index in [1.807, 2.05) is 58.1 Å². The number of benzene rings is 1. The molecule has 0 bridgehead atoms. The minimum Gasteiger partial charge on any atom is -0.465 e. The van der Waals surface area contributed by atoms with Gasteiger partial charge in [-0.15, -0.1) is 0 Å². The first-order chi connectivity index (χ1) is 17.0. The van der Waals surface area contributed by atoms with Crippen LogP contribution in [0, 0.1) is 0 Å². The molecule has 0 spiro atoms. The molecule has 2 atom stereocenters. The van der Waals surface area contributed by atoms with E-state index in [9.17, 15) is 14.7 Å². The first-order valence-corrected chi connectivity index (χ1v) is 11.8. The number of anilines is 1. The summed E-state index contributed by atoms with van der Waals surface area (Å²) < 4.78 is 16.0. The summed E-state index contributed by atoms with van der Waals surface area (Å²) in [5.41, 5.74) is 3.01.